The van der Waals surface area contributed by atoms with E-state index in [1.807, 2.05) is 85.8 Å². The third kappa shape index (κ3) is 3.74. The number of rotatable bonds is 4. The first-order valence-corrected chi connectivity index (χ1v) is 8.52. The molecule has 3 aromatic rings. The SMILES string of the molecule is Cc1cc(Br)ccc1OC(=O)C(c1ccccc1)c1ccccc1. The number of halogens is 1. The zero-order valence-corrected chi connectivity index (χ0v) is 14.9. The van der Waals surface area contributed by atoms with Crippen molar-refractivity contribution < 1.29 is 9.53 Å². The second kappa shape index (κ2) is 7.45. The molecular formula is C21H17BrO2. The fourth-order valence-electron chi connectivity index (χ4n) is 2.65. The zero-order valence-electron chi connectivity index (χ0n) is 13.3. The van der Waals surface area contributed by atoms with Gasteiger partial charge in [0.25, 0.3) is 0 Å². The Morgan fingerprint density at radius 2 is 1.42 bits per heavy atom. The molecule has 0 aliphatic rings. The largest absolute Gasteiger partial charge is 0.426 e. The van der Waals surface area contributed by atoms with Crippen LogP contribution >= 0.6 is 15.9 Å². The van der Waals surface area contributed by atoms with Crippen molar-refractivity contribution in [2.45, 2.75) is 12.8 Å². The van der Waals surface area contributed by atoms with Gasteiger partial charge in [-0.3, -0.25) is 4.79 Å². The van der Waals surface area contributed by atoms with Crippen LogP contribution in [0.3, 0.4) is 0 Å². The Labute approximate surface area is 150 Å². The smallest absolute Gasteiger partial charge is 0.323 e. The number of ether oxygens (including phenoxy) is 1. The van der Waals surface area contributed by atoms with Crippen molar-refractivity contribution in [2.24, 2.45) is 0 Å². The zero-order chi connectivity index (χ0) is 16.9. The Kier molecular flexibility index (Phi) is 5.11. The van der Waals surface area contributed by atoms with E-state index in [-0.39, 0.29) is 5.97 Å². The summed E-state index contributed by atoms with van der Waals surface area (Å²) in [7, 11) is 0. The van der Waals surface area contributed by atoms with Gasteiger partial charge >= 0.3 is 5.97 Å². The molecule has 0 unspecified atom stereocenters. The van der Waals surface area contributed by atoms with Crippen LogP contribution in [0.2, 0.25) is 0 Å². The number of carbonyl (C=O) groups is 1. The van der Waals surface area contributed by atoms with E-state index >= 15 is 0 Å². The van der Waals surface area contributed by atoms with Gasteiger partial charge in [-0.1, -0.05) is 76.6 Å². The molecule has 0 heterocycles. The maximum Gasteiger partial charge on any atom is 0.323 e. The number of benzene rings is 3. The van der Waals surface area contributed by atoms with Crippen LogP contribution in [-0.4, -0.2) is 5.97 Å². The molecule has 2 nitrogen and oxygen atoms in total. The molecule has 0 aromatic heterocycles. The monoisotopic (exact) mass is 380 g/mol. The third-order valence-corrected chi connectivity index (χ3v) is 4.34. The summed E-state index contributed by atoms with van der Waals surface area (Å²) in [4.78, 5) is 12.9. The van der Waals surface area contributed by atoms with Crippen molar-refractivity contribution in [1.29, 1.82) is 0 Å². The maximum atomic E-state index is 12.9. The van der Waals surface area contributed by atoms with E-state index in [0.717, 1.165) is 21.2 Å². The van der Waals surface area contributed by atoms with Gasteiger partial charge in [-0.25, -0.2) is 0 Å². The average Bonchev–Trinajstić information content (AvgIpc) is 2.60. The van der Waals surface area contributed by atoms with E-state index in [2.05, 4.69) is 15.9 Å². The highest BCUT2D eigenvalue weighted by atomic mass is 79.9. The Hall–Kier alpha value is -2.39. The molecule has 0 N–H and O–H groups in total. The summed E-state index contributed by atoms with van der Waals surface area (Å²) in [6.45, 7) is 1.92. The van der Waals surface area contributed by atoms with Crippen LogP contribution in [0.5, 0.6) is 5.75 Å². The van der Waals surface area contributed by atoms with Crippen molar-refractivity contribution in [2.75, 3.05) is 0 Å². The second-order valence-corrected chi connectivity index (χ2v) is 6.50. The first-order chi connectivity index (χ1) is 11.6. The summed E-state index contributed by atoms with van der Waals surface area (Å²) >= 11 is 3.42. The molecule has 120 valence electrons. The Bertz CT molecular complexity index is 789. The highest BCUT2D eigenvalue weighted by Crippen LogP contribution is 2.29. The summed E-state index contributed by atoms with van der Waals surface area (Å²) in [5, 5.41) is 0. The van der Waals surface area contributed by atoms with Crippen LogP contribution in [0.4, 0.5) is 0 Å². The maximum absolute atomic E-state index is 12.9. The van der Waals surface area contributed by atoms with E-state index in [9.17, 15) is 4.79 Å². The number of carbonyl (C=O) groups excluding carboxylic acids is 1. The fourth-order valence-corrected chi connectivity index (χ4v) is 3.13. The minimum absolute atomic E-state index is 0.280. The van der Waals surface area contributed by atoms with Crippen LogP contribution in [0.1, 0.15) is 22.6 Å². The van der Waals surface area contributed by atoms with Gasteiger partial charge in [-0.2, -0.15) is 0 Å². The molecule has 0 aliphatic heterocycles. The lowest BCUT2D eigenvalue weighted by Crippen LogP contribution is -2.20. The first-order valence-electron chi connectivity index (χ1n) is 7.73. The lowest BCUT2D eigenvalue weighted by atomic mass is 9.91. The van der Waals surface area contributed by atoms with Crippen LogP contribution in [0.15, 0.2) is 83.3 Å². The summed E-state index contributed by atoms with van der Waals surface area (Å²) in [5.41, 5.74) is 2.75. The Morgan fingerprint density at radius 3 is 1.92 bits per heavy atom. The van der Waals surface area contributed by atoms with Gasteiger partial charge in [-0.15, -0.1) is 0 Å². The number of hydrogen-bond donors (Lipinski definition) is 0. The topological polar surface area (TPSA) is 26.3 Å². The van der Waals surface area contributed by atoms with Crippen LogP contribution in [0, 0.1) is 6.92 Å². The summed E-state index contributed by atoms with van der Waals surface area (Å²) in [5.74, 6) is -0.145. The van der Waals surface area contributed by atoms with E-state index in [1.54, 1.807) is 0 Å². The molecule has 0 aliphatic carbocycles. The van der Waals surface area contributed by atoms with Crippen molar-refractivity contribution >= 4 is 21.9 Å². The summed E-state index contributed by atoms with van der Waals surface area (Å²) in [6, 6.07) is 25.0. The van der Waals surface area contributed by atoms with Crippen molar-refractivity contribution in [3.8, 4) is 5.75 Å². The van der Waals surface area contributed by atoms with Gasteiger partial charge in [0, 0.05) is 4.47 Å². The van der Waals surface area contributed by atoms with Crippen molar-refractivity contribution in [3.05, 3.63) is 100 Å². The van der Waals surface area contributed by atoms with Gasteiger partial charge in [-0.05, 0) is 41.8 Å². The van der Waals surface area contributed by atoms with E-state index < -0.39 is 5.92 Å². The molecule has 0 amide bonds. The Morgan fingerprint density at radius 1 is 0.875 bits per heavy atom. The quantitative estimate of drug-likeness (QED) is 0.441. The predicted molar refractivity (Wildman–Crippen MR) is 99.2 cm³/mol. The molecule has 0 spiro atoms. The van der Waals surface area contributed by atoms with Gasteiger partial charge in [0.15, 0.2) is 0 Å². The number of esters is 1. The first kappa shape index (κ1) is 16.5. The van der Waals surface area contributed by atoms with Gasteiger partial charge < -0.3 is 4.74 Å². The van der Waals surface area contributed by atoms with Crippen LogP contribution < -0.4 is 4.74 Å². The van der Waals surface area contributed by atoms with E-state index in [4.69, 9.17) is 4.74 Å². The Balaban J connectivity index is 1.95. The molecule has 3 aromatic carbocycles. The molecule has 0 bridgehead atoms. The second-order valence-electron chi connectivity index (χ2n) is 5.59. The van der Waals surface area contributed by atoms with Gasteiger partial charge in [0.1, 0.15) is 11.7 Å². The standard InChI is InChI=1S/C21H17BrO2/c1-15-14-18(22)12-13-19(15)24-21(23)20(16-8-4-2-5-9-16)17-10-6-3-7-11-17/h2-14,20H,1H3. The number of hydrogen-bond acceptors (Lipinski definition) is 2. The fraction of sp³-hybridized carbons (Fsp3) is 0.0952. The third-order valence-electron chi connectivity index (χ3n) is 3.85. The van der Waals surface area contributed by atoms with E-state index in [0.29, 0.717) is 5.75 Å². The molecule has 0 fully saturated rings. The minimum Gasteiger partial charge on any atom is -0.426 e. The highest BCUT2D eigenvalue weighted by Gasteiger charge is 2.25. The van der Waals surface area contributed by atoms with Gasteiger partial charge in [0.2, 0.25) is 0 Å². The molecule has 0 saturated heterocycles. The lowest BCUT2D eigenvalue weighted by molar-refractivity contribution is -0.135. The molecule has 0 radical (unpaired) electrons. The minimum atomic E-state index is -0.449. The molecule has 0 saturated carbocycles. The predicted octanol–water partition coefficient (Wildman–Crippen LogP) is 5.50. The van der Waals surface area contributed by atoms with Crippen LogP contribution in [-0.2, 0) is 4.79 Å². The molecule has 3 rings (SSSR count). The van der Waals surface area contributed by atoms with Crippen LogP contribution in [0.25, 0.3) is 0 Å². The average molecular weight is 381 g/mol. The summed E-state index contributed by atoms with van der Waals surface area (Å²) in [6.07, 6.45) is 0. The highest BCUT2D eigenvalue weighted by molar-refractivity contribution is 9.10. The van der Waals surface area contributed by atoms with E-state index in [1.165, 1.54) is 0 Å². The summed E-state index contributed by atoms with van der Waals surface area (Å²) < 4.78 is 6.67. The molecule has 3 heteroatoms. The molecule has 24 heavy (non-hydrogen) atoms. The molecular weight excluding hydrogens is 364 g/mol. The van der Waals surface area contributed by atoms with Gasteiger partial charge in [0.05, 0.1) is 0 Å². The molecule has 0 atom stereocenters. The normalized spacial score (nSPS) is 10.6. The number of aryl methyl sites for hydroxylation is 1. The van der Waals surface area contributed by atoms with Crippen molar-refractivity contribution in [1.82, 2.24) is 0 Å². The lowest BCUT2D eigenvalue weighted by Gasteiger charge is -2.17. The van der Waals surface area contributed by atoms with Crippen molar-refractivity contribution in [3.63, 3.8) is 0 Å².